The maximum atomic E-state index is 12.8. The number of hydrogen-bond acceptors (Lipinski definition) is 3. The Morgan fingerprint density at radius 2 is 2.00 bits per heavy atom. The van der Waals surface area contributed by atoms with Crippen molar-refractivity contribution in [3.8, 4) is 0 Å². The summed E-state index contributed by atoms with van der Waals surface area (Å²) in [7, 11) is 0. The van der Waals surface area contributed by atoms with Gasteiger partial charge in [-0.15, -0.1) is 0 Å². The van der Waals surface area contributed by atoms with Gasteiger partial charge in [0.05, 0.1) is 0 Å². The number of carbonyl (C=O) groups is 3. The summed E-state index contributed by atoms with van der Waals surface area (Å²) in [5, 5.41) is 5.71. The first kappa shape index (κ1) is 15.3. The first-order valence-corrected chi connectivity index (χ1v) is 8.14. The Bertz CT molecular complexity index is 527. The number of imide groups is 1. The van der Waals surface area contributed by atoms with Gasteiger partial charge in [0.25, 0.3) is 5.91 Å². The van der Waals surface area contributed by atoms with Gasteiger partial charge in [0.15, 0.2) is 0 Å². The summed E-state index contributed by atoms with van der Waals surface area (Å²) in [6.45, 7) is 6.21. The number of nitrogens with one attached hydrogen (secondary N) is 2. The van der Waals surface area contributed by atoms with Crippen LogP contribution in [0.25, 0.3) is 0 Å². The molecular weight excluding hydrogens is 282 g/mol. The molecule has 1 saturated heterocycles. The SMILES string of the molecule is C[C@H]1CC(C)(C)C[C@]2(C1)NC(=O)N(CC(=O)NC1CC1)C2=O. The zero-order valence-electron chi connectivity index (χ0n) is 13.6. The molecule has 0 aromatic carbocycles. The van der Waals surface area contributed by atoms with E-state index in [0.29, 0.717) is 18.8 Å². The minimum absolute atomic E-state index is 0.00683. The van der Waals surface area contributed by atoms with Crippen molar-refractivity contribution in [2.24, 2.45) is 11.3 Å². The average Bonchev–Trinajstić information content (AvgIpc) is 3.12. The molecule has 122 valence electrons. The Morgan fingerprint density at radius 3 is 2.59 bits per heavy atom. The molecule has 2 saturated carbocycles. The predicted molar refractivity (Wildman–Crippen MR) is 80.9 cm³/mol. The Kier molecular flexibility index (Phi) is 3.45. The van der Waals surface area contributed by atoms with E-state index in [1.165, 1.54) is 0 Å². The second kappa shape index (κ2) is 4.96. The van der Waals surface area contributed by atoms with Crippen LogP contribution in [-0.4, -0.2) is 40.9 Å². The number of urea groups is 1. The molecule has 3 rings (SSSR count). The van der Waals surface area contributed by atoms with Crippen LogP contribution in [0.5, 0.6) is 0 Å². The van der Waals surface area contributed by atoms with Crippen molar-refractivity contribution >= 4 is 17.8 Å². The molecule has 2 N–H and O–H groups in total. The van der Waals surface area contributed by atoms with Gasteiger partial charge in [-0.3, -0.25) is 14.5 Å². The van der Waals surface area contributed by atoms with Crippen molar-refractivity contribution in [2.45, 2.75) is 64.5 Å². The van der Waals surface area contributed by atoms with Crippen molar-refractivity contribution in [1.82, 2.24) is 15.5 Å². The van der Waals surface area contributed by atoms with Crippen LogP contribution in [0.3, 0.4) is 0 Å². The van der Waals surface area contributed by atoms with Crippen molar-refractivity contribution in [2.75, 3.05) is 6.54 Å². The molecule has 0 radical (unpaired) electrons. The fourth-order valence-corrected chi connectivity index (χ4v) is 4.29. The highest BCUT2D eigenvalue weighted by Gasteiger charge is 2.56. The molecule has 1 spiro atoms. The monoisotopic (exact) mass is 307 g/mol. The van der Waals surface area contributed by atoms with Gasteiger partial charge >= 0.3 is 6.03 Å². The summed E-state index contributed by atoms with van der Waals surface area (Å²) in [6, 6.07) is -0.197. The quantitative estimate of drug-likeness (QED) is 0.774. The van der Waals surface area contributed by atoms with Crippen LogP contribution in [0.4, 0.5) is 4.79 Å². The topological polar surface area (TPSA) is 78.5 Å². The summed E-state index contributed by atoms with van der Waals surface area (Å²) in [4.78, 5) is 38.1. The molecule has 6 nitrogen and oxygen atoms in total. The van der Waals surface area contributed by atoms with Gasteiger partial charge in [-0.1, -0.05) is 20.8 Å². The van der Waals surface area contributed by atoms with Crippen LogP contribution in [0.1, 0.15) is 52.9 Å². The smallest absolute Gasteiger partial charge is 0.325 e. The molecule has 3 aliphatic rings. The van der Waals surface area contributed by atoms with Crippen LogP contribution in [0.15, 0.2) is 0 Å². The van der Waals surface area contributed by atoms with Crippen molar-refractivity contribution in [1.29, 1.82) is 0 Å². The third-order valence-corrected chi connectivity index (χ3v) is 4.87. The average molecular weight is 307 g/mol. The maximum Gasteiger partial charge on any atom is 0.325 e. The lowest BCUT2D eigenvalue weighted by Gasteiger charge is -2.43. The number of hydrogen-bond donors (Lipinski definition) is 2. The standard InChI is InChI=1S/C16H25N3O3/c1-10-6-15(2,3)9-16(7-10)13(21)19(14(22)18-16)8-12(20)17-11-4-5-11/h10-11H,4-9H2,1-3H3,(H,17,20)(H,18,22)/t10-,16-/m0/s1. The van der Waals surface area contributed by atoms with Gasteiger partial charge in [-0.2, -0.15) is 0 Å². The van der Waals surface area contributed by atoms with Crippen molar-refractivity contribution < 1.29 is 14.4 Å². The number of amides is 4. The Hall–Kier alpha value is -1.59. The zero-order chi connectivity index (χ0) is 16.1. The van der Waals surface area contributed by atoms with Crippen molar-refractivity contribution in [3.05, 3.63) is 0 Å². The summed E-state index contributed by atoms with van der Waals surface area (Å²) in [5.74, 6) is -0.109. The van der Waals surface area contributed by atoms with Crippen molar-refractivity contribution in [3.63, 3.8) is 0 Å². The minimum Gasteiger partial charge on any atom is -0.352 e. The van der Waals surface area contributed by atoms with Gasteiger partial charge in [0.2, 0.25) is 5.91 Å². The largest absolute Gasteiger partial charge is 0.352 e. The van der Waals surface area contributed by atoms with Gasteiger partial charge in [-0.05, 0) is 43.4 Å². The zero-order valence-corrected chi connectivity index (χ0v) is 13.6. The van der Waals surface area contributed by atoms with Gasteiger partial charge < -0.3 is 10.6 Å². The van der Waals surface area contributed by atoms with E-state index < -0.39 is 11.6 Å². The molecule has 2 aliphatic carbocycles. The molecule has 4 amide bonds. The van der Waals surface area contributed by atoms with E-state index in [0.717, 1.165) is 24.2 Å². The second-order valence-corrected chi connectivity index (χ2v) is 8.10. The predicted octanol–water partition coefficient (Wildman–Crippen LogP) is 1.40. The lowest BCUT2D eigenvalue weighted by Crippen LogP contribution is -2.54. The Labute approximate surface area is 131 Å². The molecule has 0 aromatic heterocycles. The molecule has 0 bridgehead atoms. The minimum atomic E-state index is -0.821. The third-order valence-electron chi connectivity index (χ3n) is 4.87. The van der Waals surface area contributed by atoms with E-state index >= 15 is 0 Å². The number of nitrogens with zero attached hydrogens (tertiary/aromatic N) is 1. The lowest BCUT2D eigenvalue weighted by molar-refractivity contribution is -0.137. The molecule has 2 atom stereocenters. The number of carbonyl (C=O) groups excluding carboxylic acids is 3. The molecule has 0 unspecified atom stereocenters. The normalized spacial score (nSPS) is 34.0. The fourth-order valence-electron chi connectivity index (χ4n) is 4.29. The first-order chi connectivity index (χ1) is 10.2. The van der Waals surface area contributed by atoms with Crippen LogP contribution in [0.2, 0.25) is 0 Å². The maximum absolute atomic E-state index is 12.8. The molecule has 3 fully saturated rings. The highest BCUT2D eigenvalue weighted by Crippen LogP contribution is 2.46. The fraction of sp³-hybridized carbons (Fsp3) is 0.812. The van der Waals surface area contributed by atoms with E-state index in [2.05, 4.69) is 31.4 Å². The van der Waals surface area contributed by atoms with Gasteiger partial charge in [-0.25, -0.2) is 4.79 Å². The lowest BCUT2D eigenvalue weighted by atomic mass is 9.64. The number of rotatable bonds is 3. The summed E-state index contributed by atoms with van der Waals surface area (Å²) >= 11 is 0. The summed E-state index contributed by atoms with van der Waals surface area (Å²) in [5.41, 5.74) is -0.814. The van der Waals surface area contributed by atoms with E-state index in [9.17, 15) is 14.4 Å². The van der Waals surface area contributed by atoms with E-state index in [1.807, 2.05) is 0 Å². The highest BCUT2D eigenvalue weighted by atomic mass is 16.2. The first-order valence-electron chi connectivity index (χ1n) is 8.14. The van der Waals surface area contributed by atoms with E-state index in [-0.39, 0.29) is 29.8 Å². The van der Waals surface area contributed by atoms with Crippen LogP contribution in [-0.2, 0) is 9.59 Å². The van der Waals surface area contributed by atoms with Crippen LogP contribution >= 0.6 is 0 Å². The molecule has 1 heterocycles. The molecule has 1 aliphatic heterocycles. The van der Waals surface area contributed by atoms with Crippen LogP contribution in [0, 0.1) is 11.3 Å². The highest BCUT2D eigenvalue weighted by molar-refractivity contribution is 6.09. The summed E-state index contributed by atoms with van der Waals surface area (Å²) in [6.07, 6.45) is 4.31. The van der Waals surface area contributed by atoms with E-state index in [4.69, 9.17) is 0 Å². The van der Waals surface area contributed by atoms with Crippen LogP contribution < -0.4 is 10.6 Å². The molecular formula is C16H25N3O3. The molecule has 0 aromatic rings. The van der Waals surface area contributed by atoms with Gasteiger partial charge in [0, 0.05) is 6.04 Å². The van der Waals surface area contributed by atoms with E-state index in [1.54, 1.807) is 0 Å². The Morgan fingerprint density at radius 1 is 1.32 bits per heavy atom. The van der Waals surface area contributed by atoms with Gasteiger partial charge in [0.1, 0.15) is 12.1 Å². The molecule has 6 heteroatoms. The molecule has 22 heavy (non-hydrogen) atoms. The summed E-state index contributed by atoms with van der Waals surface area (Å²) < 4.78 is 0. The Balaban J connectivity index is 1.73. The second-order valence-electron chi connectivity index (χ2n) is 8.10. The third kappa shape index (κ3) is 2.83.